The van der Waals surface area contributed by atoms with Crippen molar-refractivity contribution < 1.29 is 13.2 Å². The Morgan fingerprint density at radius 2 is 1.93 bits per heavy atom. The van der Waals surface area contributed by atoms with Crippen molar-refractivity contribution in [1.82, 2.24) is 5.32 Å². The van der Waals surface area contributed by atoms with Gasteiger partial charge in [-0.1, -0.05) is 0 Å². The minimum Gasteiger partial charge on any atom is -0.326 e. The summed E-state index contributed by atoms with van der Waals surface area (Å²) in [6.07, 6.45) is -3.42. The first-order chi connectivity index (χ1) is 6.29. The van der Waals surface area contributed by atoms with Crippen molar-refractivity contribution in [1.29, 1.82) is 0 Å². The fourth-order valence-electron chi connectivity index (χ4n) is 2.03. The Labute approximate surface area is 82.0 Å². The maximum Gasteiger partial charge on any atom is 0.391 e. The molecular weight excluding hydrogens is 193 g/mol. The molecule has 0 aromatic heterocycles. The molecule has 0 spiro atoms. The second-order valence-electron chi connectivity index (χ2n) is 4.29. The van der Waals surface area contributed by atoms with Crippen LogP contribution in [0.15, 0.2) is 0 Å². The first kappa shape index (κ1) is 11.8. The number of rotatable bonds is 1. The van der Waals surface area contributed by atoms with Gasteiger partial charge in [-0.2, -0.15) is 13.2 Å². The van der Waals surface area contributed by atoms with Crippen LogP contribution in [0.3, 0.4) is 0 Å². The molecule has 0 amide bonds. The molecule has 3 unspecified atom stereocenters. The lowest BCUT2D eigenvalue weighted by atomic mass is 9.73. The van der Waals surface area contributed by atoms with E-state index in [1.54, 1.807) is 14.0 Å². The molecular formula is C9H17F3N2. The van der Waals surface area contributed by atoms with Crippen LogP contribution in [0.2, 0.25) is 0 Å². The van der Waals surface area contributed by atoms with Crippen LogP contribution in [0.5, 0.6) is 0 Å². The summed E-state index contributed by atoms with van der Waals surface area (Å²) in [4.78, 5) is 0. The standard InChI is InChI=1S/C9H17F3N2/c1-8(14-2)5-6(9(10,11)12)3-4-7(8)13/h6-7,14H,3-5,13H2,1-2H3. The Hall–Kier alpha value is -0.290. The van der Waals surface area contributed by atoms with E-state index in [0.717, 1.165) is 0 Å². The van der Waals surface area contributed by atoms with Gasteiger partial charge in [0, 0.05) is 11.6 Å². The van der Waals surface area contributed by atoms with E-state index in [2.05, 4.69) is 5.32 Å². The van der Waals surface area contributed by atoms with E-state index in [0.29, 0.717) is 6.42 Å². The van der Waals surface area contributed by atoms with Crippen molar-refractivity contribution in [3.8, 4) is 0 Å². The Kier molecular flexibility index (Phi) is 3.11. The van der Waals surface area contributed by atoms with Gasteiger partial charge in [0.25, 0.3) is 0 Å². The Bertz CT molecular complexity index is 205. The van der Waals surface area contributed by atoms with Gasteiger partial charge >= 0.3 is 6.18 Å². The normalized spacial score (nSPS) is 39.9. The highest BCUT2D eigenvalue weighted by atomic mass is 19.4. The van der Waals surface area contributed by atoms with Crippen molar-refractivity contribution in [2.75, 3.05) is 7.05 Å². The molecule has 0 saturated heterocycles. The van der Waals surface area contributed by atoms with Crippen LogP contribution < -0.4 is 11.1 Å². The third-order valence-electron chi connectivity index (χ3n) is 3.35. The van der Waals surface area contributed by atoms with Gasteiger partial charge in [-0.3, -0.25) is 0 Å². The molecule has 0 heterocycles. The van der Waals surface area contributed by atoms with Gasteiger partial charge in [0.05, 0.1) is 5.92 Å². The van der Waals surface area contributed by atoms with Crippen LogP contribution in [0.4, 0.5) is 13.2 Å². The summed E-state index contributed by atoms with van der Waals surface area (Å²) in [5, 5.41) is 2.91. The molecule has 3 N–H and O–H groups in total. The van der Waals surface area contributed by atoms with E-state index >= 15 is 0 Å². The molecule has 1 saturated carbocycles. The second kappa shape index (κ2) is 3.70. The number of nitrogens with two attached hydrogens (primary N) is 1. The second-order valence-corrected chi connectivity index (χ2v) is 4.29. The van der Waals surface area contributed by atoms with Crippen LogP contribution in [-0.4, -0.2) is 24.8 Å². The average Bonchev–Trinajstić information content (AvgIpc) is 2.08. The van der Waals surface area contributed by atoms with Crippen LogP contribution in [0.25, 0.3) is 0 Å². The molecule has 2 nitrogen and oxygen atoms in total. The van der Waals surface area contributed by atoms with Gasteiger partial charge in [0.1, 0.15) is 0 Å². The average molecular weight is 210 g/mol. The number of hydrogen-bond acceptors (Lipinski definition) is 2. The molecule has 1 rings (SSSR count). The van der Waals surface area contributed by atoms with Crippen LogP contribution in [0, 0.1) is 5.92 Å². The summed E-state index contributed by atoms with van der Waals surface area (Å²) in [7, 11) is 1.67. The summed E-state index contributed by atoms with van der Waals surface area (Å²) >= 11 is 0. The van der Waals surface area contributed by atoms with Crippen LogP contribution in [0.1, 0.15) is 26.2 Å². The summed E-state index contributed by atoms with van der Waals surface area (Å²) in [6.45, 7) is 1.76. The Balaban J connectivity index is 2.72. The van der Waals surface area contributed by atoms with E-state index in [1.807, 2.05) is 0 Å². The van der Waals surface area contributed by atoms with Gasteiger partial charge in [0.15, 0.2) is 0 Å². The van der Waals surface area contributed by atoms with Crippen molar-refractivity contribution in [3.05, 3.63) is 0 Å². The van der Waals surface area contributed by atoms with E-state index in [-0.39, 0.29) is 18.9 Å². The predicted octanol–water partition coefficient (Wildman–Crippen LogP) is 1.65. The van der Waals surface area contributed by atoms with E-state index in [4.69, 9.17) is 5.73 Å². The van der Waals surface area contributed by atoms with Crippen molar-refractivity contribution in [2.45, 2.75) is 43.9 Å². The molecule has 5 heteroatoms. The van der Waals surface area contributed by atoms with Crippen molar-refractivity contribution in [2.24, 2.45) is 11.7 Å². The lowest BCUT2D eigenvalue weighted by Crippen LogP contribution is -2.59. The highest BCUT2D eigenvalue weighted by Crippen LogP contribution is 2.40. The van der Waals surface area contributed by atoms with Crippen LogP contribution >= 0.6 is 0 Å². The number of hydrogen-bond donors (Lipinski definition) is 2. The van der Waals surface area contributed by atoms with E-state index < -0.39 is 17.6 Å². The van der Waals surface area contributed by atoms with E-state index in [1.165, 1.54) is 0 Å². The lowest BCUT2D eigenvalue weighted by Gasteiger charge is -2.43. The monoisotopic (exact) mass is 210 g/mol. The number of alkyl halides is 3. The largest absolute Gasteiger partial charge is 0.391 e. The summed E-state index contributed by atoms with van der Waals surface area (Å²) in [5.74, 6) is -1.21. The maximum atomic E-state index is 12.5. The molecule has 14 heavy (non-hydrogen) atoms. The summed E-state index contributed by atoms with van der Waals surface area (Å²) < 4.78 is 37.4. The number of likely N-dealkylation sites (N-methyl/N-ethyl adjacent to an activating group) is 1. The minimum atomic E-state index is -4.09. The van der Waals surface area contributed by atoms with Gasteiger partial charge in [0.2, 0.25) is 0 Å². The lowest BCUT2D eigenvalue weighted by molar-refractivity contribution is -0.188. The van der Waals surface area contributed by atoms with E-state index in [9.17, 15) is 13.2 Å². The third kappa shape index (κ3) is 2.20. The summed E-state index contributed by atoms with van der Waals surface area (Å²) in [6, 6.07) is -0.189. The summed E-state index contributed by atoms with van der Waals surface area (Å²) in [5.41, 5.74) is 5.21. The zero-order valence-electron chi connectivity index (χ0n) is 8.49. The fraction of sp³-hybridized carbons (Fsp3) is 1.00. The molecule has 1 fully saturated rings. The topological polar surface area (TPSA) is 38.0 Å². The molecule has 0 bridgehead atoms. The smallest absolute Gasteiger partial charge is 0.326 e. The molecule has 1 aliphatic rings. The first-order valence-electron chi connectivity index (χ1n) is 4.81. The Morgan fingerprint density at radius 3 is 2.36 bits per heavy atom. The molecule has 1 aliphatic carbocycles. The molecule has 0 aromatic carbocycles. The zero-order valence-corrected chi connectivity index (χ0v) is 8.49. The van der Waals surface area contributed by atoms with Crippen molar-refractivity contribution in [3.63, 3.8) is 0 Å². The van der Waals surface area contributed by atoms with Crippen LogP contribution in [-0.2, 0) is 0 Å². The van der Waals surface area contributed by atoms with Crippen molar-refractivity contribution >= 4 is 0 Å². The molecule has 0 radical (unpaired) electrons. The minimum absolute atomic E-state index is 0.0775. The zero-order chi connectivity index (χ0) is 11.0. The molecule has 3 atom stereocenters. The van der Waals surface area contributed by atoms with Gasteiger partial charge in [-0.15, -0.1) is 0 Å². The quantitative estimate of drug-likeness (QED) is 0.690. The number of nitrogens with one attached hydrogen (secondary N) is 1. The maximum absolute atomic E-state index is 12.5. The number of halogens is 3. The Morgan fingerprint density at radius 1 is 1.36 bits per heavy atom. The highest BCUT2D eigenvalue weighted by Gasteiger charge is 2.48. The molecule has 0 aromatic rings. The van der Waals surface area contributed by atoms with Gasteiger partial charge in [-0.25, -0.2) is 0 Å². The SMILES string of the molecule is CNC1(C)CC(C(F)(F)F)CCC1N. The van der Waals surface area contributed by atoms with Gasteiger partial charge in [-0.05, 0) is 33.2 Å². The predicted molar refractivity (Wildman–Crippen MR) is 48.8 cm³/mol. The third-order valence-corrected chi connectivity index (χ3v) is 3.35. The molecule has 84 valence electrons. The highest BCUT2D eigenvalue weighted by molar-refractivity contribution is 4.99. The first-order valence-corrected chi connectivity index (χ1v) is 4.81. The molecule has 0 aliphatic heterocycles. The fourth-order valence-corrected chi connectivity index (χ4v) is 2.03. The van der Waals surface area contributed by atoms with Gasteiger partial charge < -0.3 is 11.1 Å².